The van der Waals surface area contributed by atoms with Crippen LogP contribution in [0, 0.1) is 13.8 Å². The lowest BCUT2D eigenvalue weighted by Gasteiger charge is -2.18. The van der Waals surface area contributed by atoms with Gasteiger partial charge in [-0.2, -0.15) is 0 Å². The van der Waals surface area contributed by atoms with Gasteiger partial charge in [0.2, 0.25) is 11.8 Å². The zero-order valence-corrected chi connectivity index (χ0v) is 13.3. The van der Waals surface area contributed by atoms with Crippen molar-refractivity contribution in [3.63, 3.8) is 0 Å². The molecule has 1 fully saturated rings. The van der Waals surface area contributed by atoms with E-state index in [2.05, 4.69) is 20.5 Å². The van der Waals surface area contributed by atoms with Gasteiger partial charge in [0.15, 0.2) is 0 Å². The number of aryl methyl sites for hydroxylation is 2. The molecule has 3 rings (SSSR count). The molecule has 1 unspecified atom stereocenters. The second-order valence-corrected chi connectivity index (χ2v) is 5.73. The van der Waals surface area contributed by atoms with Crippen LogP contribution in [0.15, 0.2) is 16.5 Å². The molecule has 23 heavy (non-hydrogen) atoms. The zero-order valence-electron chi connectivity index (χ0n) is 13.3. The van der Waals surface area contributed by atoms with E-state index in [1.54, 1.807) is 6.07 Å². The Kier molecular flexibility index (Phi) is 4.66. The van der Waals surface area contributed by atoms with Crippen LogP contribution in [0.4, 0.5) is 0 Å². The summed E-state index contributed by atoms with van der Waals surface area (Å²) in [5, 5.41) is 10.8. The van der Waals surface area contributed by atoms with Gasteiger partial charge in [0.1, 0.15) is 5.69 Å². The standard InChI is InChI=1S/C16H20N4O3/c1-10-5-6-13(18-11(10)2)15(21)17-8-14-19-20-16(23-14)12-4-3-7-22-9-12/h5-6,12H,3-4,7-9H2,1-2H3,(H,17,21). The number of carbonyl (C=O) groups excluding carboxylic acids is 1. The third kappa shape index (κ3) is 3.73. The number of aromatic nitrogens is 3. The van der Waals surface area contributed by atoms with Crippen LogP contribution in [-0.2, 0) is 11.3 Å². The molecule has 1 amide bonds. The van der Waals surface area contributed by atoms with E-state index < -0.39 is 0 Å². The highest BCUT2D eigenvalue weighted by Gasteiger charge is 2.22. The normalized spacial score (nSPS) is 17.9. The second-order valence-electron chi connectivity index (χ2n) is 5.73. The molecule has 1 saturated heterocycles. The van der Waals surface area contributed by atoms with Gasteiger partial charge in [-0.3, -0.25) is 4.79 Å². The van der Waals surface area contributed by atoms with E-state index in [1.807, 2.05) is 19.9 Å². The number of hydrogen-bond donors (Lipinski definition) is 1. The SMILES string of the molecule is Cc1ccc(C(=O)NCc2nnc(C3CCCOC3)o2)nc1C. The van der Waals surface area contributed by atoms with E-state index in [-0.39, 0.29) is 18.4 Å². The summed E-state index contributed by atoms with van der Waals surface area (Å²) < 4.78 is 11.0. The molecular formula is C16H20N4O3. The lowest BCUT2D eigenvalue weighted by atomic mass is 10.0. The molecule has 1 aliphatic rings. The summed E-state index contributed by atoms with van der Waals surface area (Å²) in [6, 6.07) is 3.58. The van der Waals surface area contributed by atoms with Crippen LogP contribution < -0.4 is 5.32 Å². The minimum Gasteiger partial charge on any atom is -0.423 e. The van der Waals surface area contributed by atoms with Gasteiger partial charge < -0.3 is 14.5 Å². The van der Waals surface area contributed by atoms with Crippen molar-refractivity contribution in [2.75, 3.05) is 13.2 Å². The molecule has 7 nitrogen and oxygen atoms in total. The number of pyridine rings is 1. The smallest absolute Gasteiger partial charge is 0.270 e. The summed E-state index contributed by atoms with van der Waals surface area (Å²) in [5.41, 5.74) is 2.28. The third-order valence-corrected chi connectivity index (χ3v) is 3.97. The summed E-state index contributed by atoms with van der Waals surface area (Å²) in [6.45, 7) is 5.42. The van der Waals surface area contributed by atoms with Crippen LogP contribution in [0.2, 0.25) is 0 Å². The van der Waals surface area contributed by atoms with Crippen molar-refractivity contribution in [2.45, 2.75) is 39.2 Å². The quantitative estimate of drug-likeness (QED) is 0.926. The maximum atomic E-state index is 12.1. The van der Waals surface area contributed by atoms with Crippen LogP contribution in [-0.4, -0.2) is 34.3 Å². The zero-order chi connectivity index (χ0) is 16.2. The molecule has 0 bridgehead atoms. The van der Waals surface area contributed by atoms with E-state index >= 15 is 0 Å². The lowest BCUT2D eigenvalue weighted by molar-refractivity contribution is 0.0720. The topological polar surface area (TPSA) is 90.1 Å². The lowest BCUT2D eigenvalue weighted by Crippen LogP contribution is -2.24. The molecule has 0 saturated carbocycles. The van der Waals surface area contributed by atoms with Crippen molar-refractivity contribution < 1.29 is 13.9 Å². The minimum atomic E-state index is -0.256. The van der Waals surface area contributed by atoms with Crippen LogP contribution in [0.5, 0.6) is 0 Å². The molecule has 0 spiro atoms. The number of nitrogens with zero attached hydrogens (tertiary/aromatic N) is 3. The van der Waals surface area contributed by atoms with Crippen LogP contribution in [0.25, 0.3) is 0 Å². The molecular weight excluding hydrogens is 296 g/mol. The van der Waals surface area contributed by atoms with Gasteiger partial charge in [-0.05, 0) is 38.3 Å². The maximum Gasteiger partial charge on any atom is 0.270 e. The van der Waals surface area contributed by atoms with Crippen LogP contribution >= 0.6 is 0 Å². The molecule has 1 aliphatic heterocycles. The van der Waals surface area contributed by atoms with Gasteiger partial charge in [0, 0.05) is 12.3 Å². The highest BCUT2D eigenvalue weighted by molar-refractivity contribution is 5.92. The minimum absolute atomic E-state index is 0.155. The van der Waals surface area contributed by atoms with Gasteiger partial charge >= 0.3 is 0 Å². The first-order valence-electron chi connectivity index (χ1n) is 7.76. The van der Waals surface area contributed by atoms with E-state index in [0.29, 0.717) is 24.1 Å². The van der Waals surface area contributed by atoms with Gasteiger partial charge in [-0.1, -0.05) is 6.07 Å². The molecule has 0 aliphatic carbocycles. The Hall–Kier alpha value is -2.28. The molecule has 2 aromatic heterocycles. The Bertz CT molecular complexity index is 692. The fourth-order valence-electron chi connectivity index (χ4n) is 2.44. The average molecular weight is 316 g/mol. The Labute approximate surface area is 134 Å². The summed E-state index contributed by atoms with van der Waals surface area (Å²) >= 11 is 0. The molecule has 7 heteroatoms. The highest BCUT2D eigenvalue weighted by atomic mass is 16.5. The van der Waals surface area contributed by atoms with Crippen molar-refractivity contribution >= 4 is 5.91 Å². The molecule has 1 atom stereocenters. The molecule has 3 heterocycles. The summed E-state index contributed by atoms with van der Waals surface area (Å²) in [6.07, 6.45) is 1.98. The van der Waals surface area contributed by atoms with Crippen molar-refractivity contribution in [1.82, 2.24) is 20.5 Å². The number of hydrogen-bond acceptors (Lipinski definition) is 6. The Morgan fingerprint density at radius 2 is 2.22 bits per heavy atom. The van der Waals surface area contributed by atoms with E-state index in [4.69, 9.17) is 9.15 Å². The fourth-order valence-corrected chi connectivity index (χ4v) is 2.44. The summed E-state index contributed by atoms with van der Waals surface area (Å²) in [7, 11) is 0. The molecule has 1 N–H and O–H groups in total. The van der Waals surface area contributed by atoms with E-state index in [0.717, 1.165) is 30.7 Å². The van der Waals surface area contributed by atoms with Crippen LogP contribution in [0.3, 0.4) is 0 Å². The number of carbonyl (C=O) groups is 1. The number of nitrogens with one attached hydrogen (secondary N) is 1. The number of rotatable bonds is 4. The Morgan fingerprint density at radius 3 is 2.96 bits per heavy atom. The Morgan fingerprint density at radius 1 is 1.35 bits per heavy atom. The molecule has 122 valence electrons. The first kappa shape index (κ1) is 15.6. The maximum absolute atomic E-state index is 12.1. The van der Waals surface area contributed by atoms with Gasteiger partial charge in [0.25, 0.3) is 5.91 Å². The Balaban J connectivity index is 1.58. The van der Waals surface area contributed by atoms with Gasteiger partial charge in [-0.25, -0.2) is 4.98 Å². The molecule has 0 aromatic carbocycles. The largest absolute Gasteiger partial charge is 0.423 e. The average Bonchev–Trinajstić information content (AvgIpc) is 3.05. The summed E-state index contributed by atoms with van der Waals surface area (Å²) in [5.74, 6) is 0.872. The van der Waals surface area contributed by atoms with E-state index in [9.17, 15) is 4.79 Å². The van der Waals surface area contributed by atoms with Crippen molar-refractivity contribution in [3.05, 3.63) is 40.9 Å². The van der Waals surface area contributed by atoms with Crippen molar-refractivity contribution in [2.24, 2.45) is 0 Å². The first-order valence-corrected chi connectivity index (χ1v) is 7.76. The fraction of sp³-hybridized carbons (Fsp3) is 0.500. The molecule has 2 aromatic rings. The molecule has 0 radical (unpaired) electrons. The first-order chi connectivity index (χ1) is 11.1. The predicted molar refractivity (Wildman–Crippen MR) is 82.0 cm³/mol. The highest BCUT2D eigenvalue weighted by Crippen LogP contribution is 2.24. The van der Waals surface area contributed by atoms with E-state index in [1.165, 1.54) is 0 Å². The van der Waals surface area contributed by atoms with Gasteiger partial charge in [0.05, 0.1) is 19.1 Å². The third-order valence-electron chi connectivity index (χ3n) is 3.97. The summed E-state index contributed by atoms with van der Waals surface area (Å²) in [4.78, 5) is 16.4. The van der Waals surface area contributed by atoms with Gasteiger partial charge in [-0.15, -0.1) is 10.2 Å². The van der Waals surface area contributed by atoms with Crippen molar-refractivity contribution in [1.29, 1.82) is 0 Å². The number of ether oxygens (including phenoxy) is 1. The van der Waals surface area contributed by atoms with Crippen LogP contribution in [0.1, 0.15) is 52.3 Å². The second kappa shape index (κ2) is 6.87. The number of amides is 1. The monoisotopic (exact) mass is 316 g/mol. The predicted octanol–water partition coefficient (Wildman–Crippen LogP) is 1.91. The van der Waals surface area contributed by atoms with Crippen molar-refractivity contribution in [3.8, 4) is 0 Å².